The van der Waals surface area contributed by atoms with Crippen LogP contribution in [-0.2, 0) is 12.9 Å². The summed E-state index contributed by atoms with van der Waals surface area (Å²) in [6.07, 6.45) is 9.37. The van der Waals surface area contributed by atoms with Crippen molar-refractivity contribution in [1.82, 2.24) is 0 Å². The summed E-state index contributed by atoms with van der Waals surface area (Å²) in [5.74, 6) is 0.708. The first kappa shape index (κ1) is 12.9. The molecule has 10 aliphatic rings. The molecule has 10 heterocycles. The van der Waals surface area contributed by atoms with Crippen molar-refractivity contribution in [2.24, 2.45) is 0 Å². The summed E-state index contributed by atoms with van der Waals surface area (Å²) in [6.45, 7) is -0.979. The predicted octanol–water partition coefficient (Wildman–Crippen LogP) is 7.53. The first-order valence-electron chi connectivity index (χ1n) is 11.8. The zero-order valence-electron chi connectivity index (χ0n) is 16.2. The third-order valence-electron chi connectivity index (χ3n) is 18.1. The van der Waals surface area contributed by atoms with E-state index in [0.717, 1.165) is 15.2 Å². The molecule has 0 aromatic heterocycles. The van der Waals surface area contributed by atoms with Crippen molar-refractivity contribution in [2.75, 3.05) is 0 Å². The predicted molar refractivity (Wildman–Crippen MR) is 104 cm³/mol. The summed E-state index contributed by atoms with van der Waals surface area (Å²) in [7, 11) is 0. The van der Waals surface area contributed by atoms with Crippen molar-refractivity contribution < 1.29 is 11.3 Å². The fraction of sp³-hybridized carbons (Fsp3) is 0.720. The van der Waals surface area contributed by atoms with Crippen LogP contribution in [0.5, 0.6) is 0 Å². The zero-order valence-corrected chi connectivity index (χ0v) is 17.3. The van der Waals surface area contributed by atoms with Gasteiger partial charge >= 0.3 is 139 Å². The first-order valence-corrected chi connectivity index (χ1v) is 18.1. The molecule has 0 saturated carbocycles. The number of hydrogen-bond acceptors (Lipinski definition) is 1. The maximum absolute atomic E-state index is 13.9. The topological polar surface area (TPSA) is 17.1 Å². The monoisotopic (exact) mass is 402 g/mol. The van der Waals surface area contributed by atoms with Gasteiger partial charge in [-0.15, -0.1) is 0 Å². The second-order valence-corrected chi connectivity index (χ2v) is 37.8. The van der Waals surface area contributed by atoms with Gasteiger partial charge in [-0.3, -0.25) is 0 Å². The molecular formula is C25H30FeO. The van der Waals surface area contributed by atoms with Gasteiger partial charge in [-0.1, -0.05) is 13.3 Å². The van der Waals surface area contributed by atoms with E-state index in [0.29, 0.717) is 10.1 Å². The van der Waals surface area contributed by atoms with Crippen molar-refractivity contribution in [3.05, 3.63) is 35.4 Å². The van der Waals surface area contributed by atoms with E-state index in [1.807, 2.05) is 0 Å². The third kappa shape index (κ3) is 0.241. The number of hydrogen-bond donors (Lipinski definition) is 0. The van der Waals surface area contributed by atoms with Crippen molar-refractivity contribution in [3.8, 4) is 0 Å². The van der Waals surface area contributed by atoms with Crippen LogP contribution in [-0.4, -0.2) is 5.78 Å². The van der Waals surface area contributed by atoms with Crippen LogP contribution < -0.4 is 0 Å². The van der Waals surface area contributed by atoms with Crippen LogP contribution in [0.15, 0.2) is 24.3 Å². The second-order valence-electron chi connectivity index (χ2n) is 14.2. The molecule has 0 amide bonds. The fourth-order valence-electron chi connectivity index (χ4n) is 19.0. The standard InChI is InChI=1S/C20H25O.C5H5.Fe/c1-2-3-4-5-6-7-10-17-13-15-19(16-14-17)20(21)18-11-8-9-12-18;1-2-4-5-3-1;/h8-9,11-16H,2-7,10H2,1H3;1-5H;. The zero-order chi connectivity index (χ0) is 17.5. The van der Waals surface area contributed by atoms with Crippen LogP contribution in [0.25, 0.3) is 0 Å². The summed E-state index contributed by atoms with van der Waals surface area (Å²) >= 11 is 0. The molecule has 144 valence electrons. The molecule has 1 spiro atoms. The van der Waals surface area contributed by atoms with Crippen molar-refractivity contribution >= 4 is 5.78 Å². The Balaban J connectivity index is 0.909. The number of benzene rings is 1. The quantitative estimate of drug-likeness (QED) is 0.237. The Morgan fingerprint density at radius 1 is 0.815 bits per heavy atom. The molecular weight excluding hydrogens is 372 g/mol. The van der Waals surface area contributed by atoms with E-state index in [9.17, 15) is 4.79 Å². The van der Waals surface area contributed by atoms with Crippen LogP contribution in [0.4, 0.5) is 0 Å². The van der Waals surface area contributed by atoms with Gasteiger partial charge in [0.25, 0.3) is 0 Å². The molecule has 1 aromatic carbocycles. The van der Waals surface area contributed by atoms with Gasteiger partial charge in [0.2, 0.25) is 0 Å². The van der Waals surface area contributed by atoms with Crippen LogP contribution in [0.3, 0.4) is 0 Å². The molecule has 10 saturated heterocycles. The Morgan fingerprint density at radius 3 is 1.85 bits per heavy atom. The van der Waals surface area contributed by atoms with Crippen LogP contribution >= 0.6 is 0 Å². The molecule has 1 nitrogen and oxygen atoms in total. The summed E-state index contributed by atoms with van der Waals surface area (Å²) in [6, 6.07) is 9.07. The van der Waals surface area contributed by atoms with Crippen LogP contribution in [0.2, 0.25) is 47.7 Å². The Labute approximate surface area is 152 Å². The minimum atomic E-state index is -3.26. The average Bonchev–Trinajstić information content (AvgIpc) is 3.63. The average molecular weight is 402 g/mol. The molecule has 2 heteroatoms. The Kier molecular flexibility index (Phi) is 0.760. The summed E-state index contributed by atoms with van der Waals surface area (Å²) in [5, 5.41) is 0. The molecule has 0 aliphatic carbocycles. The molecule has 10 fully saturated rings. The van der Waals surface area contributed by atoms with Gasteiger partial charge in [0.05, 0.1) is 0 Å². The Hall–Kier alpha value is -0.591. The van der Waals surface area contributed by atoms with Gasteiger partial charge in [-0.05, 0) is 0 Å². The van der Waals surface area contributed by atoms with Gasteiger partial charge in [-0.25, -0.2) is 0 Å². The summed E-state index contributed by atoms with van der Waals surface area (Å²) < 4.78 is 0.403. The molecule has 0 bridgehead atoms. The molecule has 27 heavy (non-hydrogen) atoms. The fourth-order valence-corrected chi connectivity index (χ4v) is 92.8. The number of ketones is 1. The van der Waals surface area contributed by atoms with E-state index in [1.165, 1.54) is 84.2 Å². The Bertz CT molecular complexity index is 1280. The normalized spacial score (nSPS) is 79.2. The van der Waals surface area contributed by atoms with Crippen molar-refractivity contribution in [3.63, 3.8) is 0 Å². The Morgan fingerprint density at radius 2 is 1.37 bits per heavy atom. The summed E-state index contributed by atoms with van der Waals surface area (Å²) in [5.41, 5.74) is 2.57. The van der Waals surface area contributed by atoms with Crippen molar-refractivity contribution in [1.29, 1.82) is 0 Å². The van der Waals surface area contributed by atoms with Gasteiger partial charge in [0.15, 0.2) is 0 Å². The first-order chi connectivity index (χ1) is 13.0. The van der Waals surface area contributed by atoms with Crippen LogP contribution in [0, 0.1) is 0 Å². The van der Waals surface area contributed by atoms with Gasteiger partial charge < -0.3 is 0 Å². The molecule has 4 unspecified atom stereocenters. The minimum absolute atomic E-state index is 0.403. The number of unbranched alkanes of at least 4 members (excludes halogenated alkanes) is 5. The van der Waals surface area contributed by atoms with E-state index in [-0.39, 0.29) is 0 Å². The van der Waals surface area contributed by atoms with Crippen molar-refractivity contribution in [2.45, 2.75) is 99.5 Å². The van der Waals surface area contributed by atoms with E-state index in [4.69, 9.17) is 0 Å². The number of carbonyl (C=O) groups is 1. The summed E-state index contributed by atoms with van der Waals surface area (Å²) in [4.78, 5) is 24.9. The number of aryl methyl sites for hydroxylation is 1. The van der Waals surface area contributed by atoms with E-state index < -0.39 is 6.51 Å². The second kappa shape index (κ2) is 1.60. The molecule has 11 rings (SSSR count). The molecule has 0 N–H and O–H groups in total. The number of fused-ring (bicyclic) bond motifs is 10. The van der Waals surface area contributed by atoms with Gasteiger partial charge in [-0.2, -0.15) is 0 Å². The molecule has 10 aliphatic heterocycles. The van der Waals surface area contributed by atoms with Gasteiger partial charge in [0, 0.05) is 0 Å². The van der Waals surface area contributed by atoms with Crippen LogP contribution in [0.1, 0.15) is 61.4 Å². The van der Waals surface area contributed by atoms with E-state index in [1.54, 1.807) is 0 Å². The molecule has 4 atom stereocenters. The number of rotatable bonds is 9. The molecule has 0 radical (unpaired) electrons. The van der Waals surface area contributed by atoms with E-state index in [2.05, 4.69) is 31.2 Å². The van der Waals surface area contributed by atoms with E-state index >= 15 is 0 Å². The molecule has 1 aromatic rings. The van der Waals surface area contributed by atoms with Gasteiger partial charge in [0.1, 0.15) is 0 Å². The number of Topliss-reactive ketones (excluding diaryl/α,β-unsaturated/α-hetero) is 1. The number of carbonyl (C=O) groups excluding carboxylic acids is 1. The third-order valence-corrected chi connectivity index (χ3v) is 60.4. The maximum atomic E-state index is 13.9. The SMILES string of the molecule is CCCCCCCCc1ccc(C(=O)[C]23[CH]4[CH]5[CH]6[CH]2[Fe]56432789[CH]3[CH]2[CH]7[CH]8[CH]39)cc1.